The summed E-state index contributed by atoms with van der Waals surface area (Å²) in [5.41, 5.74) is 5.62. The maximum Gasteiger partial charge on any atom is 0.407 e. The number of alkyl carbamates (subject to hydrolysis) is 1. The summed E-state index contributed by atoms with van der Waals surface area (Å²) in [6, 6.07) is 25.6. The van der Waals surface area contributed by atoms with Gasteiger partial charge >= 0.3 is 12.1 Å². The van der Waals surface area contributed by atoms with Gasteiger partial charge in [-0.3, -0.25) is 10.1 Å². The third-order valence-corrected chi connectivity index (χ3v) is 7.14. The summed E-state index contributed by atoms with van der Waals surface area (Å²) in [7, 11) is 1.46. The fourth-order valence-electron chi connectivity index (χ4n) is 5.05. The SMILES string of the molecule is COc1cc(CC(NC(=O)OCC2c3ccccc3-c3ccccc32)C(=O)O)ccc1OCc1ccc([N+](=O)[O-])cc1. The number of hydrogen-bond donors (Lipinski definition) is 2. The van der Waals surface area contributed by atoms with Crippen LogP contribution >= 0.6 is 0 Å². The number of fused-ring (bicyclic) bond motifs is 3. The number of ether oxygens (including phenoxy) is 3. The molecule has 1 aliphatic carbocycles. The van der Waals surface area contributed by atoms with Crippen LogP contribution in [-0.4, -0.2) is 41.9 Å². The molecule has 10 heteroatoms. The first-order valence-electron chi connectivity index (χ1n) is 13.2. The molecule has 5 rings (SSSR count). The van der Waals surface area contributed by atoms with Crippen LogP contribution in [0.2, 0.25) is 0 Å². The number of amides is 1. The van der Waals surface area contributed by atoms with Crippen molar-refractivity contribution in [3.05, 3.63) is 123 Å². The van der Waals surface area contributed by atoms with Crippen LogP contribution in [0, 0.1) is 10.1 Å². The van der Waals surface area contributed by atoms with Crippen LogP contribution in [0.1, 0.15) is 28.2 Å². The Morgan fingerprint density at radius 1 is 0.905 bits per heavy atom. The minimum Gasteiger partial charge on any atom is -0.493 e. The fraction of sp³-hybridized carbons (Fsp3) is 0.188. The van der Waals surface area contributed by atoms with E-state index in [0.717, 1.165) is 27.8 Å². The van der Waals surface area contributed by atoms with Crippen molar-refractivity contribution >= 4 is 17.7 Å². The van der Waals surface area contributed by atoms with E-state index in [9.17, 15) is 24.8 Å². The fourth-order valence-corrected chi connectivity index (χ4v) is 5.05. The highest BCUT2D eigenvalue weighted by Gasteiger charge is 2.30. The molecule has 42 heavy (non-hydrogen) atoms. The number of carboxylic acid groups (broad SMARTS) is 1. The third-order valence-electron chi connectivity index (χ3n) is 7.14. The van der Waals surface area contributed by atoms with Crippen LogP contribution in [0.4, 0.5) is 10.5 Å². The van der Waals surface area contributed by atoms with E-state index in [1.165, 1.54) is 19.2 Å². The number of methoxy groups -OCH3 is 1. The van der Waals surface area contributed by atoms with Crippen molar-refractivity contribution in [2.24, 2.45) is 0 Å². The molecule has 1 aliphatic rings. The van der Waals surface area contributed by atoms with Crippen molar-refractivity contribution < 1.29 is 33.8 Å². The van der Waals surface area contributed by atoms with Gasteiger partial charge in [-0.1, -0.05) is 54.6 Å². The van der Waals surface area contributed by atoms with Gasteiger partial charge in [0.2, 0.25) is 0 Å². The maximum absolute atomic E-state index is 12.7. The van der Waals surface area contributed by atoms with E-state index in [0.29, 0.717) is 17.1 Å². The first-order valence-corrected chi connectivity index (χ1v) is 13.2. The van der Waals surface area contributed by atoms with Gasteiger partial charge in [0.25, 0.3) is 5.69 Å². The molecule has 2 N–H and O–H groups in total. The molecule has 0 saturated heterocycles. The molecule has 214 valence electrons. The summed E-state index contributed by atoms with van der Waals surface area (Å²) in [5.74, 6) is -0.564. The summed E-state index contributed by atoms with van der Waals surface area (Å²) in [5, 5.41) is 23.1. The topological polar surface area (TPSA) is 137 Å². The van der Waals surface area contributed by atoms with Gasteiger partial charge < -0.3 is 24.6 Å². The van der Waals surface area contributed by atoms with Crippen molar-refractivity contribution in [3.8, 4) is 22.6 Å². The zero-order valence-corrected chi connectivity index (χ0v) is 22.7. The number of rotatable bonds is 11. The Bertz CT molecular complexity index is 1570. The summed E-state index contributed by atoms with van der Waals surface area (Å²) in [6.07, 6.45) is -0.835. The number of nitrogens with one attached hydrogen (secondary N) is 1. The first kappa shape index (κ1) is 28.2. The van der Waals surface area contributed by atoms with Gasteiger partial charge in [-0.15, -0.1) is 0 Å². The molecule has 0 aliphatic heterocycles. The molecule has 0 spiro atoms. The van der Waals surface area contributed by atoms with Gasteiger partial charge in [0.1, 0.15) is 19.3 Å². The zero-order valence-electron chi connectivity index (χ0n) is 22.7. The van der Waals surface area contributed by atoms with Crippen molar-refractivity contribution in [3.63, 3.8) is 0 Å². The second kappa shape index (κ2) is 12.4. The largest absolute Gasteiger partial charge is 0.493 e. The number of carbonyl (C=O) groups is 2. The Morgan fingerprint density at radius 3 is 2.12 bits per heavy atom. The molecular formula is C32H28N2O8. The highest BCUT2D eigenvalue weighted by atomic mass is 16.6. The van der Waals surface area contributed by atoms with Crippen molar-refractivity contribution in [2.45, 2.75) is 25.0 Å². The maximum atomic E-state index is 12.7. The number of hydrogen-bond acceptors (Lipinski definition) is 7. The second-order valence-corrected chi connectivity index (χ2v) is 9.76. The molecular weight excluding hydrogens is 540 g/mol. The molecule has 0 aromatic heterocycles. The van der Waals surface area contributed by atoms with Crippen LogP contribution in [0.15, 0.2) is 91.0 Å². The van der Waals surface area contributed by atoms with E-state index < -0.39 is 23.0 Å². The summed E-state index contributed by atoms with van der Waals surface area (Å²) in [4.78, 5) is 35.1. The van der Waals surface area contributed by atoms with Gasteiger partial charge in [-0.2, -0.15) is 0 Å². The lowest BCUT2D eigenvalue weighted by atomic mass is 9.98. The Balaban J connectivity index is 1.20. The second-order valence-electron chi connectivity index (χ2n) is 9.76. The van der Waals surface area contributed by atoms with Gasteiger partial charge in [0.05, 0.1) is 12.0 Å². The number of aliphatic carboxylic acids is 1. The quantitative estimate of drug-likeness (QED) is 0.173. The van der Waals surface area contributed by atoms with E-state index in [1.54, 1.807) is 30.3 Å². The summed E-state index contributed by atoms with van der Waals surface area (Å²) < 4.78 is 16.8. The molecule has 1 atom stereocenters. The standard InChI is InChI=1S/C32H28N2O8/c1-40-30-17-21(12-15-29(30)41-18-20-10-13-22(14-11-20)34(38)39)16-28(31(35)36)33-32(37)42-19-27-25-8-4-2-6-23(25)24-7-3-5-9-26(24)27/h2-15,17,27-28H,16,18-19H2,1H3,(H,33,37)(H,35,36). The lowest BCUT2D eigenvalue weighted by molar-refractivity contribution is -0.384. The number of carbonyl (C=O) groups excluding carboxylic acids is 1. The Hall–Kier alpha value is -5.38. The molecule has 10 nitrogen and oxygen atoms in total. The zero-order chi connectivity index (χ0) is 29.6. The van der Waals surface area contributed by atoms with Crippen molar-refractivity contribution in [2.75, 3.05) is 13.7 Å². The smallest absolute Gasteiger partial charge is 0.407 e. The molecule has 0 fully saturated rings. The van der Waals surface area contributed by atoms with E-state index >= 15 is 0 Å². The summed E-state index contributed by atoms with van der Waals surface area (Å²) >= 11 is 0. The van der Waals surface area contributed by atoms with Crippen molar-refractivity contribution in [1.29, 1.82) is 0 Å². The average molecular weight is 569 g/mol. The lowest BCUT2D eigenvalue weighted by Gasteiger charge is -2.18. The van der Waals surface area contributed by atoms with Crippen LogP contribution in [-0.2, 0) is 22.6 Å². The van der Waals surface area contributed by atoms with Gasteiger partial charge in [0.15, 0.2) is 11.5 Å². The minimum absolute atomic E-state index is 0.0136. The van der Waals surface area contributed by atoms with Gasteiger partial charge in [0, 0.05) is 24.5 Å². The summed E-state index contributed by atoms with van der Waals surface area (Å²) in [6.45, 7) is 0.218. The first-order chi connectivity index (χ1) is 20.3. The van der Waals surface area contributed by atoms with Crippen molar-refractivity contribution in [1.82, 2.24) is 5.32 Å². The number of non-ortho nitro benzene ring substituents is 1. The lowest BCUT2D eigenvalue weighted by Crippen LogP contribution is -2.42. The number of nitro benzene ring substituents is 1. The molecule has 0 heterocycles. The molecule has 1 unspecified atom stereocenters. The number of carboxylic acids is 1. The van der Waals surface area contributed by atoms with E-state index in [2.05, 4.69) is 5.32 Å². The third kappa shape index (κ3) is 6.17. The van der Waals surface area contributed by atoms with Crippen LogP contribution in [0.3, 0.4) is 0 Å². The van der Waals surface area contributed by atoms with Crippen LogP contribution < -0.4 is 14.8 Å². The van der Waals surface area contributed by atoms with Crippen LogP contribution in [0.25, 0.3) is 11.1 Å². The number of nitro groups is 1. The molecule has 1 amide bonds. The highest BCUT2D eigenvalue weighted by Crippen LogP contribution is 2.44. The van der Waals surface area contributed by atoms with Gasteiger partial charge in [-0.05, 0) is 57.6 Å². The molecule has 4 aromatic rings. The number of nitrogens with zero attached hydrogens (tertiary/aromatic N) is 1. The Morgan fingerprint density at radius 2 is 1.52 bits per heavy atom. The monoisotopic (exact) mass is 568 g/mol. The van der Waals surface area contributed by atoms with E-state index in [4.69, 9.17) is 14.2 Å². The molecule has 0 bridgehead atoms. The predicted octanol–water partition coefficient (Wildman–Crippen LogP) is 5.72. The molecule has 0 saturated carbocycles. The normalized spacial score (nSPS) is 12.5. The van der Waals surface area contributed by atoms with E-state index in [1.807, 2.05) is 48.5 Å². The average Bonchev–Trinajstić information content (AvgIpc) is 3.32. The Kier molecular flexibility index (Phi) is 8.33. The predicted molar refractivity (Wildman–Crippen MR) is 154 cm³/mol. The number of benzene rings is 4. The molecule has 0 radical (unpaired) electrons. The van der Waals surface area contributed by atoms with Crippen LogP contribution in [0.5, 0.6) is 11.5 Å². The highest BCUT2D eigenvalue weighted by molar-refractivity contribution is 5.81. The van der Waals surface area contributed by atoms with Gasteiger partial charge in [-0.25, -0.2) is 9.59 Å². The minimum atomic E-state index is -1.24. The van der Waals surface area contributed by atoms with E-state index in [-0.39, 0.29) is 31.2 Å². The molecule has 4 aromatic carbocycles. The Labute approximate surface area is 241 Å².